The number of hydrogen-bond acceptors (Lipinski definition) is 4. The first-order chi connectivity index (χ1) is 12.3. The Morgan fingerprint density at radius 2 is 1.77 bits per heavy atom. The van der Waals surface area contributed by atoms with Gasteiger partial charge in [-0.05, 0) is 35.9 Å². The molecule has 0 heterocycles. The summed E-state index contributed by atoms with van der Waals surface area (Å²) in [5.74, 6) is -0.133. The van der Waals surface area contributed by atoms with Crippen LogP contribution in [-0.2, 0) is 26.0 Å². The number of sulfonamides is 1. The summed E-state index contributed by atoms with van der Waals surface area (Å²) in [7, 11) is -2.23. The van der Waals surface area contributed by atoms with Crippen molar-refractivity contribution in [2.75, 3.05) is 25.0 Å². The van der Waals surface area contributed by atoms with Crippen molar-refractivity contribution in [3.63, 3.8) is 0 Å². The third kappa shape index (κ3) is 5.88. The molecule has 0 aromatic heterocycles. The lowest BCUT2D eigenvalue weighted by Gasteiger charge is -2.10. The number of nitrogens with one attached hydrogen (secondary N) is 2. The van der Waals surface area contributed by atoms with E-state index in [0.717, 1.165) is 5.56 Å². The Hall–Kier alpha value is -1.80. The molecule has 1 amide bonds. The average Bonchev–Trinajstić information content (AvgIpc) is 2.59. The normalized spacial score (nSPS) is 11.2. The molecule has 2 rings (SSSR count). The number of hydrogen-bond donors (Lipinski definition) is 2. The van der Waals surface area contributed by atoms with Crippen molar-refractivity contribution in [3.05, 3.63) is 58.1 Å². The molecule has 0 saturated carbocycles. The minimum atomic E-state index is -3.79. The number of methoxy groups -OCH3 is 1. The summed E-state index contributed by atoms with van der Waals surface area (Å²) < 4.78 is 32.1. The second-order valence-electron chi connectivity index (χ2n) is 5.40. The first kappa shape index (κ1) is 20.5. The third-order valence-electron chi connectivity index (χ3n) is 3.40. The van der Waals surface area contributed by atoms with Gasteiger partial charge in [0.1, 0.15) is 0 Å². The van der Waals surface area contributed by atoms with E-state index < -0.39 is 10.0 Å². The number of halogens is 2. The van der Waals surface area contributed by atoms with Crippen LogP contribution in [0.2, 0.25) is 10.0 Å². The summed E-state index contributed by atoms with van der Waals surface area (Å²) in [5.41, 5.74) is 1.14. The number of benzene rings is 2. The quantitative estimate of drug-likeness (QED) is 0.647. The zero-order valence-corrected chi connectivity index (χ0v) is 16.3. The molecule has 0 fully saturated rings. The number of amides is 1. The van der Waals surface area contributed by atoms with Crippen molar-refractivity contribution in [2.24, 2.45) is 0 Å². The van der Waals surface area contributed by atoms with E-state index >= 15 is 0 Å². The standard InChI is InChI=1S/C17H18Cl2N2O4S/c1-25-9-8-20-17(22)10-12-2-4-13(5-3-12)21-26(23,24)14-6-7-15(18)16(19)11-14/h2-7,11,21H,8-10H2,1H3,(H,20,22). The van der Waals surface area contributed by atoms with Crippen molar-refractivity contribution in [2.45, 2.75) is 11.3 Å². The smallest absolute Gasteiger partial charge is 0.261 e. The van der Waals surface area contributed by atoms with Crippen LogP contribution in [0.4, 0.5) is 5.69 Å². The predicted octanol–water partition coefficient (Wildman–Crippen LogP) is 3.10. The molecule has 0 spiro atoms. The highest BCUT2D eigenvalue weighted by Gasteiger charge is 2.15. The first-order valence-electron chi connectivity index (χ1n) is 7.64. The van der Waals surface area contributed by atoms with E-state index in [9.17, 15) is 13.2 Å². The van der Waals surface area contributed by atoms with Crippen molar-refractivity contribution in [1.29, 1.82) is 0 Å². The summed E-state index contributed by atoms with van der Waals surface area (Å²) in [6.07, 6.45) is 0.198. The van der Waals surface area contributed by atoms with Crippen LogP contribution in [0.15, 0.2) is 47.4 Å². The largest absolute Gasteiger partial charge is 0.383 e. The Morgan fingerprint density at radius 3 is 2.38 bits per heavy atom. The molecule has 0 aliphatic rings. The van der Waals surface area contributed by atoms with Gasteiger partial charge in [0, 0.05) is 19.3 Å². The molecule has 0 atom stereocenters. The zero-order chi connectivity index (χ0) is 19.2. The van der Waals surface area contributed by atoms with E-state index in [1.54, 1.807) is 31.4 Å². The van der Waals surface area contributed by atoms with Gasteiger partial charge in [-0.25, -0.2) is 8.42 Å². The van der Waals surface area contributed by atoms with Crippen molar-refractivity contribution >= 4 is 44.8 Å². The fourth-order valence-corrected chi connectivity index (χ4v) is 3.54. The monoisotopic (exact) mass is 416 g/mol. The van der Waals surface area contributed by atoms with Gasteiger partial charge in [-0.2, -0.15) is 0 Å². The molecule has 0 aliphatic carbocycles. The molecule has 0 bridgehead atoms. The molecule has 2 aromatic carbocycles. The Labute approximate surface area is 162 Å². The van der Waals surface area contributed by atoms with Gasteiger partial charge < -0.3 is 10.1 Å². The van der Waals surface area contributed by atoms with Crippen LogP contribution in [-0.4, -0.2) is 34.6 Å². The molecule has 9 heteroatoms. The lowest BCUT2D eigenvalue weighted by molar-refractivity contribution is -0.120. The minimum absolute atomic E-state index is 0.00787. The van der Waals surface area contributed by atoms with Gasteiger partial charge in [0.15, 0.2) is 0 Å². The number of ether oxygens (including phenoxy) is 1. The van der Waals surface area contributed by atoms with Gasteiger partial charge in [-0.3, -0.25) is 9.52 Å². The lowest BCUT2D eigenvalue weighted by Crippen LogP contribution is -2.28. The van der Waals surface area contributed by atoms with E-state index in [2.05, 4.69) is 10.0 Å². The number of anilines is 1. The van der Waals surface area contributed by atoms with Crippen molar-refractivity contribution in [1.82, 2.24) is 5.32 Å². The lowest BCUT2D eigenvalue weighted by atomic mass is 10.1. The molecule has 2 aromatic rings. The fourth-order valence-electron chi connectivity index (χ4n) is 2.09. The van der Waals surface area contributed by atoms with E-state index in [0.29, 0.717) is 18.8 Å². The summed E-state index contributed by atoms with van der Waals surface area (Å²) in [6.45, 7) is 0.887. The fraction of sp³-hybridized carbons (Fsp3) is 0.235. The number of rotatable bonds is 8. The van der Waals surface area contributed by atoms with E-state index in [1.807, 2.05) is 0 Å². The SMILES string of the molecule is COCCNC(=O)Cc1ccc(NS(=O)(=O)c2ccc(Cl)c(Cl)c2)cc1. The van der Waals surface area contributed by atoms with Gasteiger partial charge in [-0.15, -0.1) is 0 Å². The maximum absolute atomic E-state index is 12.4. The van der Waals surface area contributed by atoms with Gasteiger partial charge in [0.25, 0.3) is 10.0 Å². The summed E-state index contributed by atoms with van der Waals surface area (Å²) in [4.78, 5) is 11.8. The van der Waals surface area contributed by atoms with Crippen LogP contribution >= 0.6 is 23.2 Å². The van der Waals surface area contributed by atoms with Crippen LogP contribution in [0.1, 0.15) is 5.56 Å². The molecular weight excluding hydrogens is 399 g/mol. The molecular formula is C17H18Cl2N2O4S. The third-order valence-corrected chi connectivity index (χ3v) is 5.52. The van der Waals surface area contributed by atoms with Crippen molar-refractivity contribution < 1.29 is 17.9 Å². The van der Waals surface area contributed by atoms with E-state index in [4.69, 9.17) is 27.9 Å². The topological polar surface area (TPSA) is 84.5 Å². The Morgan fingerprint density at radius 1 is 1.08 bits per heavy atom. The molecule has 0 radical (unpaired) electrons. The highest BCUT2D eigenvalue weighted by Crippen LogP contribution is 2.26. The zero-order valence-electron chi connectivity index (χ0n) is 14.0. The molecule has 0 saturated heterocycles. The van der Waals surface area contributed by atoms with Crippen LogP contribution in [0, 0.1) is 0 Å². The van der Waals surface area contributed by atoms with Gasteiger partial charge in [0.2, 0.25) is 5.91 Å². The summed E-state index contributed by atoms with van der Waals surface area (Å²) in [5, 5.41) is 3.15. The second-order valence-corrected chi connectivity index (χ2v) is 7.89. The maximum Gasteiger partial charge on any atom is 0.261 e. The number of carbonyl (C=O) groups excluding carboxylic acids is 1. The van der Waals surface area contributed by atoms with Gasteiger partial charge in [-0.1, -0.05) is 35.3 Å². The molecule has 26 heavy (non-hydrogen) atoms. The summed E-state index contributed by atoms with van der Waals surface area (Å²) in [6, 6.07) is 10.6. The van der Waals surface area contributed by atoms with Gasteiger partial charge >= 0.3 is 0 Å². The summed E-state index contributed by atoms with van der Waals surface area (Å²) >= 11 is 11.7. The highest BCUT2D eigenvalue weighted by molar-refractivity contribution is 7.92. The van der Waals surface area contributed by atoms with Crippen LogP contribution in [0.5, 0.6) is 0 Å². The van der Waals surface area contributed by atoms with Gasteiger partial charge in [0.05, 0.1) is 28.0 Å². The Kier molecular flexibility index (Phi) is 7.28. The average molecular weight is 417 g/mol. The highest BCUT2D eigenvalue weighted by atomic mass is 35.5. The molecule has 140 valence electrons. The Bertz CT molecular complexity index is 871. The molecule has 2 N–H and O–H groups in total. The Balaban J connectivity index is 2.01. The molecule has 0 aliphatic heterocycles. The van der Waals surface area contributed by atoms with Crippen LogP contribution in [0.25, 0.3) is 0 Å². The van der Waals surface area contributed by atoms with E-state index in [1.165, 1.54) is 18.2 Å². The number of carbonyl (C=O) groups is 1. The van der Waals surface area contributed by atoms with E-state index in [-0.39, 0.29) is 27.3 Å². The maximum atomic E-state index is 12.4. The minimum Gasteiger partial charge on any atom is -0.383 e. The van der Waals surface area contributed by atoms with Crippen molar-refractivity contribution in [3.8, 4) is 0 Å². The van der Waals surface area contributed by atoms with Crippen LogP contribution in [0.3, 0.4) is 0 Å². The first-order valence-corrected chi connectivity index (χ1v) is 9.88. The molecule has 6 nitrogen and oxygen atoms in total. The predicted molar refractivity (Wildman–Crippen MR) is 102 cm³/mol. The van der Waals surface area contributed by atoms with Crippen LogP contribution < -0.4 is 10.0 Å². The second kappa shape index (κ2) is 9.23. The molecule has 0 unspecified atom stereocenters.